The van der Waals surface area contributed by atoms with Crippen molar-refractivity contribution in [3.63, 3.8) is 0 Å². The summed E-state index contributed by atoms with van der Waals surface area (Å²) in [5.41, 5.74) is 2.50. The molecule has 6 nitrogen and oxygen atoms in total. The van der Waals surface area contributed by atoms with Gasteiger partial charge in [0.2, 0.25) is 0 Å². The second kappa shape index (κ2) is 9.98. The van der Waals surface area contributed by atoms with Crippen LogP contribution in [-0.2, 0) is 14.8 Å². The van der Waals surface area contributed by atoms with Crippen LogP contribution in [0.1, 0.15) is 24.1 Å². The first-order valence-electron chi connectivity index (χ1n) is 9.60. The van der Waals surface area contributed by atoms with Gasteiger partial charge in [-0.05, 0) is 67.9 Å². The van der Waals surface area contributed by atoms with Crippen molar-refractivity contribution in [1.29, 1.82) is 0 Å². The van der Waals surface area contributed by atoms with Crippen LogP contribution in [0.5, 0.6) is 5.75 Å². The van der Waals surface area contributed by atoms with Gasteiger partial charge in [0.25, 0.3) is 15.9 Å². The zero-order chi connectivity index (χ0) is 22.4. The molecule has 0 heterocycles. The minimum atomic E-state index is -3.71. The molecule has 0 aliphatic rings. The van der Waals surface area contributed by atoms with Crippen LogP contribution in [-0.4, -0.2) is 20.9 Å². The molecule has 0 spiro atoms. The normalized spacial score (nSPS) is 12.1. The number of hydrogen-bond donors (Lipinski definition) is 2. The number of carbonyl (C=O) groups is 1. The van der Waals surface area contributed by atoms with Gasteiger partial charge >= 0.3 is 0 Å². The Morgan fingerprint density at radius 2 is 1.71 bits per heavy atom. The topological polar surface area (TPSA) is 84.5 Å². The number of sulfonamides is 1. The van der Waals surface area contributed by atoms with E-state index in [9.17, 15) is 13.2 Å². The Balaban J connectivity index is 1.55. The van der Waals surface area contributed by atoms with E-state index < -0.39 is 10.0 Å². The predicted octanol–water partition coefficient (Wildman–Crippen LogP) is 4.81. The Morgan fingerprint density at radius 3 is 2.35 bits per heavy atom. The zero-order valence-corrected chi connectivity index (χ0v) is 19.5. The Morgan fingerprint density at radius 1 is 1.03 bits per heavy atom. The summed E-state index contributed by atoms with van der Waals surface area (Å²) in [5, 5.41) is 2.87. The van der Waals surface area contributed by atoms with E-state index in [1.54, 1.807) is 12.1 Å². The largest absolute Gasteiger partial charge is 0.484 e. The fourth-order valence-electron chi connectivity index (χ4n) is 2.84. The highest BCUT2D eigenvalue weighted by Crippen LogP contribution is 2.20. The van der Waals surface area contributed by atoms with Gasteiger partial charge in [0, 0.05) is 10.2 Å². The molecule has 3 rings (SSSR count). The average molecular weight is 503 g/mol. The molecule has 0 bridgehead atoms. The number of benzene rings is 3. The van der Waals surface area contributed by atoms with Gasteiger partial charge in [0.05, 0.1) is 10.9 Å². The van der Waals surface area contributed by atoms with Crippen LogP contribution in [0.25, 0.3) is 0 Å². The maximum Gasteiger partial charge on any atom is 0.261 e. The quantitative estimate of drug-likeness (QED) is 0.462. The Bertz CT molecular complexity index is 1150. The van der Waals surface area contributed by atoms with Gasteiger partial charge < -0.3 is 10.1 Å². The first-order chi connectivity index (χ1) is 14.7. The van der Waals surface area contributed by atoms with Crippen LogP contribution in [0, 0.1) is 6.92 Å². The Hall–Kier alpha value is -2.84. The first-order valence-corrected chi connectivity index (χ1v) is 11.9. The molecule has 0 aliphatic carbocycles. The maximum absolute atomic E-state index is 12.5. The molecule has 1 atom stereocenters. The van der Waals surface area contributed by atoms with Crippen molar-refractivity contribution in [2.24, 2.45) is 0 Å². The maximum atomic E-state index is 12.5. The number of rotatable bonds is 8. The molecule has 162 valence electrons. The predicted molar refractivity (Wildman–Crippen MR) is 125 cm³/mol. The molecule has 0 radical (unpaired) electrons. The molecule has 0 saturated heterocycles. The number of hydrogen-bond acceptors (Lipinski definition) is 4. The molecule has 0 aromatic heterocycles. The summed E-state index contributed by atoms with van der Waals surface area (Å²) in [6.07, 6.45) is 0. The molecule has 2 N–H and O–H groups in total. The van der Waals surface area contributed by atoms with E-state index in [4.69, 9.17) is 4.74 Å². The summed E-state index contributed by atoms with van der Waals surface area (Å²) in [6, 6.07) is 20.5. The highest BCUT2D eigenvalue weighted by atomic mass is 79.9. The lowest BCUT2D eigenvalue weighted by Crippen LogP contribution is -2.31. The van der Waals surface area contributed by atoms with Gasteiger partial charge in [-0.1, -0.05) is 45.8 Å². The Kier molecular flexibility index (Phi) is 7.35. The van der Waals surface area contributed by atoms with E-state index in [0.717, 1.165) is 15.6 Å². The lowest BCUT2D eigenvalue weighted by atomic mass is 10.1. The van der Waals surface area contributed by atoms with E-state index in [1.807, 2.05) is 50.2 Å². The van der Waals surface area contributed by atoms with Crippen molar-refractivity contribution in [3.8, 4) is 5.75 Å². The van der Waals surface area contributed by atoms with Crippen molar-refractivity contribution in [2.45, 2.75) is 24.8 Å². The van der Waals surface area contributed by atoms with Gasteiger partial charge in [0.1, 0.15) is 5.75 Å². The molecule has 1 amide bonds. The fraction of sp³-hybridized carbons (Fsp3) is 0.174. The molecular weight excluding hydrogens is 480 g/mol. The van der Waals surface area contributed by atoms with Crippen molar-refractivity contribution < 1.29 is 17.9 Å². The third kappa shape index (κ3) is 6.57. The number of halogens is 1. The lowest BCUT2D eigenvalue weighted by molar-refractivity contribution is -0.123. The first kappa shape index (κ1) is 22.8. The minimum absolute atomic E-state index is 0.105. The lowest BCUT2D eigenvalue weighted by Gasteiger charge is -2.15. The molecule has 3 aromatic rings. The summed E-state index contributed by atoms with van der Waals surface area (Å²) in [6.45, 7) is 3.64. The number of nitrogens with one attached hydrogen (secondary N) is 2. The van der Waals surface area contributed by atoms with E-state index in [-0.39, 0.29) is 23.5 Å². The second-order valence-electron chi connectivity index (χ2n) is 7.08. The summed E-state index contributed by atoms with van der Waals surface area (Å²) >= 11 is 3.41. The van der Waals surface area contributed by atoms with Gasteiger partial charge in [-0.25, -0.2) is 8.42 Å². The van der Waals surface area contributed by atoms with Crippen LogP contribution >= 0.6 is 15.9 Å². The molecule has 1 unspecified atom stereocenters. The van der Waals surface area contributed by atoms with Crippen LogP contribution in [0.4, 0.5) is 5.69 Å². The smallest absolute Gasteiger partial charge is 0.261 e. The number of anilines is 1. The minimum Gasteiger partial charge on any atom is -0.484 e. The van der Waals surface area contributed by atoms with Gasteiger partial charge in [-0.2, -0.15) is 0 Å². The van der Waals surface area contributed by atoms with Crippen molar-refractivity contribution in [1.82, 2.24) is 5.32 Å². The van der Waals surface area contributed by atoms with Crippen molar-refractivity contribution in [3.05, 3.63) is 88.4 Å². The van der Waals surface area contributed by atoms with Crippen LogP contribution in [0.15, 0.2) is 82.2 Å². The Labute approximate surface area is 190 Å². The van der Waals surface area contributed by atoms with Crippen LogP contribution in [0.3, 0.4) is 0 Å². The number of ether oxygens (including phenoxy) is 1. The monoisotopic (exact) mass is 502 g/mol. The van der Waals surface area contributed by atoms with Crippen molar-refractivity contribution in [2.75, 3.05) is 11.3 Å². The SMILES string of the molecule is Cc1ccc(NS(=O)(=O)c2ccc(OCC(=O)NC(C)c3cccc(Br)c3)cc2)cc1. The van der Waals surface area contributed by atoms with E-state index in [0.29, 0.717) is 11.4 Å². The average Bonchev–Trinajstić information content (AvgIpc) is 2.74. The highest BCUT2D eigenvalue weighted by molar-refractivity contribution is 9.10. The summed E-state index contributed by atoms with van der Waals surface area (Å²) < 4.78 is 34.0. The van der Waals surface area contributed by atoms with Crippen LogP contribution < -0.4 is 14.8 Å². The van der Waals surface area contributed by atoms with E-state index in [1.165, 1.54) is 24.3 Å². The van der Waals surface area contributed by atoms with Gasteiger partial charge in [-0.15, -0.1) is 0 Å². The molecule has 0 saturated carbocycles. The fourth-order valence-corrected chi connectivity index (χ4v) is 4.32. The molecule has 31 heavy (non-hydrogen) atoms. The van der Waals surface area contributed by atoms with Gasteiger partial charge in [0.15, 0.2) is 6.61 Å². The van der Waals surface area contributed by atoms with Gasteiger partial charge in [-0.3, -0.25) is 9.52 Å². The number of aryl methyl sites for hydroxylation is 1. The van der Waals surface area contributed by atoms with Crippen molar-refractivity contribution >= 4 is 37.5 Å². The molecule has 0 fully saturated rings. The summed E-state index contributed by atoms with van der Waals surface area (Å²) in [5.74, 6) is 0.129. The molecule has 0 aliphatic heterocycles. The summed E-state index contributed by atoms with van der Waals surface area (Å²) in [7, 11) is -3.71. The highest BCUT2D eigenvalue weighted by Gasteiger charge is 2.15. The number of carbonyl (C=O) groups excluding carboxylic acids is 1. The van der Waals surface area contributed by atoms with E-state index >= 15 is 0 Å². The molecule has 8 heteroatoms. The molecular formula is C23H23BrN2O4S. The second-order valence-corrected chi connectivity index (χ2v) is 9.67. The van der Waals surface area contributed by atoms with Crippen LogP contribution in [0.2, 0.25) is 0 Å². The zero-order valence-electron chi connectivity index (χ0n) is 17.1. The third-order valence-corrected chi connectivity index (χ3v) is 6.42. The third-order valence-electron chi connectivity index (χ3n) is 4.53. The van der Waals surface area contributed by atoms with E-state index in [2.05, 4.69) is 26.0 Å². The standard InChI is InChI=1S/C23H23BrN2O4S/c1-16-6-8-20(9-7-16)26-31(28,29)22-12-10-21(11-13-22)30-15-23(27)25-17(2)18-4-3-5-19(24)14-18/h3-14,17,26H,15H2,1-2H3,(H,25,27). The molecule has 3 aromatic carbocycles. The number of amides is 1. The summed E-state index contributed by atoms with van der Waals surface area (Å²) in [4.78, 5) is 12.3.